The summed E-state index contributed by atoms with van der Waals surface area (Å²) in [6.45, 7) is 9.57. The molecule has 2 aromatic carbocycles. The summed E-state index contributed by atoms with van der Waals surface area (Å²) in [5.41, 5.74) is 3.72. The van der Waals surface area contributed by atoms with Gasteiger partial charge in [-0.2, -0.15) is 0 Å². The molecule has 0 aliphatic carbocycles. The molecule has 1 saturated heterocycles. The third kappa shape index (κ3) is 3.95. The Hall–Kier alpha value is -2.93. The Morgan fingerprint density at radius 1 is 1.16 bits per heavy atom. The summed E-state index contributed by atoms with van der Waals surface area (Å²) in [4.78, 5) is 28.0. The maximum absolute atomic E-state index is 12.5. The van der Waals surface area contributed by atoms with Crippen molar-refractivity contribution in [2.75, 3.05) is 6.54 Å². The van der Waals surface area contributed by atoms with Crippen LogP contribution < -0.4 is 5.32 Å². The van der Waals surface area contributed by atoms with E-state index in [2.05, 4.69) is 10.2 Å². The average Bonchev–Trinajstić information content (AvgIpc) is 2.97. The first kappa shape index (κ1) is 16.9. The van der Waals surface area contributed by atoms with Gasteiger partial charge in [-0.3, -0.25) is 9.59 Å². The second-order valence-corrected chi connectivity index (χ2v) is 6.57. The van der Waals surface area contributed by atoms with Gasteiger partial charge in [-0.1, -0.05) is 54.1 Å². The predicted molar refractivity (Wildman–Crippen MR) is 96.5 cm³/mol. The zero-order valence-corrected chi connectivity index (χ0v) is 14.2. The van der Waals surface area contributed by atoms with E-state index in [9.17, 15) is 9.59 Å². The third-order valence-electron chi connectivity index (χ3n) is 4.74. The molecule has 1 N–H and O–H groups in total. The van der Waals surface area contributed by atoms with Gasteiger partial charge in [0.25, 0.3) is 0 Å². The fourth-order valence-corrected chi connectivity index (χ4v) is 3.30. The number of carbonyl (C=O) groups is 2. The Labute approximate surface area is 147 Å². The Bertz CT molecular complexity index is 816. The molecule has 0 unspecified atom stereocenters. The smallest absolute Gasteiger partial charge is 0.224 e. The number of rotatable bonds is 5. The number of carbonyl (C=O) groups excluding carboxylic acids is 2. The minimum Gasteiger partial charge on any atom is -0.355 e. The van der Waals surface area contributed by atoms with E-state index in [0.717, 1.165) is 11.1 Å². The van der Waals surface area contributed by atoms with Gasteiger partial charge in [0.2, 0.25) is 5.91 Å². The van der Waals surface area contributed by atoms with Gasteiger partial charge in [-0.25, -0.2) is 4.85 Å². The molecule has 25 heavy (non-hydrogen) atoms. The van der Waals surface area contributed by atoms with Gasteiger partial charge >= 0.3 is 0 Å². The molecule has 0 bridgehead atoms. The predicted octanol–water partition coefficient (Wildman–Crippen LogP) is 3.58. The summed E-state index contributed by atoms with van der Waals surface area (Å²) >= 11 is 0. The van der Waals surface area contributed by atoms with E-state index in [1.54, 1.807) is 24.3 Å². The SMILES string of the molecule is [C-]#[N+]c1ccc(CC(=O)C[C@@H]2C(=O)NC[C@H]2c2ccc(C)cc2)cc1. The van der Waals surface area contributed by atoms with Crippen molar-refractivity contribution >= 4 is 17.4 Å². The van der Waals surface area contributed by atoms with Crippen molar-refractivity contribution in [1.82, 2.24) is 5.32 Å². The highest BCUT2D eigenvalue weighted by Gasteiger charge is 2.36. The molecule has 1 amide bonds. The Balaban J connectivity index is 1.68. The fourth-order valence-electron chi connectivity index (χ4n) is 3.30. The van der Waals surface area contributed by atoms with Gasteiger partial charge in [0, 0.05) is 25.3 Å². The third-order valence-corrected chi connectivity index (χ3v) is 4.74. The number of ketones is 1. The van der Waals surface area contributed by atoms with Crippen LogP contribution in [0, 0.1) is 19.4 Å². The van der Waals surface area contributed by atoms with E-state index >= 15 is 0 Å². The van der Waals surface area contributed by atoms with Crippen molar-refractivity contribution < 1.29 is 9.59 Å². The molecular formula is C21H20N2O2. The lowest BCUT2D eigenvalue weighted by atomic mass is 9.84. The molecule has 0 spiro atoms. The molecular weight excluding hydrogens is 312 g/mol. The molecule has 0 aromatic heterocycles. The van der Waals surface area contributed by atoms with Crippen molar-refractivity contribution in [3.63, 3.8) is 0 Å². The summed E-state index contributed by atoms with van der Waals surface area (Å²) in [7, 11) is 0. The number of nitrogens with one attached hydrogen (secondary N) is 1. The van der Waals surface area contributed by atoms with Gasteiger partial charge in [0.15, 0.2) is 5.69 Å². The monoisotopic (exact) mass is 332 g/mol. The second-order valence-electron chi connectivity index (χ2n) is 6.57. The molecule has 1 heterocycles. The van der Waals surface area contributed by atoms with Gasteiger partial charge < -0.3 is 5.32 Å². The first-order valence-electron chi connectivity index (χ1n) is 8.39. The molecule has 0 saturated carbocycles. The molecule has 2 atom stereocenters. The molecule has 3 rings (SSSR count). The summed E-state index contributed by atoms with van der Waals surface area (Å²) in [6.07, 6.45) is 0.539. The maximum atomic E-state index is 12.5. The topological polar surface area (TPSA) is 50.5 Å². The summed E-state index contributed by atoms with van der Waals surface area (Å²) in [5.74, 6) is -0.253. The standard InChI is InChI=1S/C21H20N2O2/c1-14-3-7-16(8-4-14)20-13-23-21(25)19(20)12-18(24)11-15-5-9-17(22-2)10-6-15/h3-10,19-20H,11-13H2,1H3,(H,23,25)/t19-,20-/m0/s1. The van der Waals surface area contributed by atoms with Crippen LogP contribution in [0.3, 0.4) is 0 Å². The second kappa shape index (κ2) is 7.31. The first-order valence-corrected chi connectivity index (χ1v) is 8.39. The molecule has 4 nitrogen and oxygen atoms in total. The molecule has 1 aliphatic heterocycles. The van der Waals surface area contributed by atoms with Gasteiger partial charge in [-0.05, 0) is 18.1 Å². The number of amides is 1. The van der Waals surface area contributed by atoms with Crippen LogP contribution in [0.5, 0.6) is 0 Å². The van der Waals surface area contributed by atoms with Crippen molar-refractivity contribution in [2.24, 2.45) is 5.92 Å². The Morgan fingerprint density at radius 2 is 1.84 bits per heavy atom. The van der Waals surface area contributed by atoms with E-state index in [1.165, 1.54) is 5.56 Å². The van der Waals surface area contributed by atoms with Crippen LogP contribution in [-0.4, -0.2) is 18.2 Å². The van der Waals surface area contributed by atoms with Crippen LogP contribution in [0.2, 0.25) is 0 Å². The lowest BCUT2D eigenvalue weighted by Gasteiger charge is -2.17. The fraction of sp³-hybridized carbons (Fsp3) is 0.286. The number of hydrogen-bond donors (Lipinski definition) is 1. The average molecular weight is 332 g/mol. The number of nitrogens with zero attached hydrogens (tertiary/aromatic N) is 1. The van der Waals surface area contributed by atoms with E-state index in [1.807, 2.05) is 31.2 Å². The zero-order chi connectivity index (χ0) is 17.8. The highest BCUT2D eigenvalue weighted by molar-refractivity contribution is 5.90. The van der Waals surface area contributed by atoms with E-state index < -0.39 is 0 Å². The molecule has 1 fully saturated rings. The van der Waals surface area contributed by atoms with Crippen molar-refractivity contribution in [2.45, 2.75) is 25.7 Å². The normalized spacial score (nSPS) is 19.3. The number of hydrogen-bond acceptors (Lipinski definition) is 2. The molecule has 4 heteroatoms. The van der Waals surface area contributed by atoms with Crippen LogP contribution in [0.1, 0.15) is 29.0 Å². The van der Waals surface area contributed by atoms with E-state index in [-0.39, 0.29) is 29.9 Å². The summed E-state index contributed by atoms with van der Waals surface area (Å²) < 4.78 is 0. The lowest BCUT2D eigenvalue weighted by molar-refractivity contribution is -0.127. The Kier molecular flexibility index (Phi) is 4.95. The minimum absolute atomic E-state index is 0.0396. The highest BCUT2D eigenvalue weighted by Crippen LogP contribution is 2.32. The molecule has 2 aromatic rings. The number of Topliss-reactive ketones (excluding diaryl/α,β-unsaturated/α-hetero) is 1. The molecule has 0 radical (unpaired) electrons. The minimum atomic E-state index is -0.308. The quantitative estimate of drug-likeness (QED) is 0.851. The first-order chi connectivity index (χ1) is 12.1. The maximum Gasteiger partial charge on any atom is 0.224 e. The highest BCUT2D eigenvalue weighted by atomic mass is 16.2. The number of aryl methyl sites for hydroxylation is 1. The number of benzene rings is 2. The zero-order valence-electron chi connectivity index (χ0n) is 14.2. The lowest BCUT2D eigenvalue weighted by Crippen LogP contribution is -2.23. The van der Waals surface area contributed by atoms with Crippen LogP contribution >= 0.6 is 0 Å². The van der Waals surface area contributed by atoms with Crippen LogP contribution in [0.4, 0.5) is 5.69 Å². The summed E-state index contributed by atoms with van der Waals surface area (Å²) in [6, 6.07) is 15.2. The van der Waals surface area contributed by atoms with Crippen molar-refractivity contribution in [3.05, 3.63) is 76.6 Å². The molecule has 1 aliphatic rings. The van der Waals surface area contributed by atoms with Crippen LogP contribution in [0.25, 0.3) is 4.85 Å². The molecule has 126 valence electrons. The largest absolute Gasteiger partial charge is 0.355 e. The van der Waals surface area contributed by atoms with Gasteiger partial charge in [0.05, 0.1) is 12.5 Å². The van der Waals surface area contributed by atoms with Gasteiger partial charge in [0.1, 0.15) is 5.78 Å². The van der Waals surface area contributed by atoms with Crippen molar-refractivity contribution in [1.29, 1.82) is 0 Å². The Morgan fingerprint density at radius 3 is 2.48 bits per heavy atom. The van der Waals surface area contributed by atoms with E-state index in [0.29, 0.717) is 18.7 Å². The summed E-state index contributed by atoms with van der Waals surface area (Å²) in [5, 5.41) is 2.89. The van der Waals surface area contributed by atoms with Crippen molar-refractivity contribution in [3.8, 4) is 0 Å². The van der Waals surface area contributed by atoms with Crippen LogP contribution in [0.15, 0.2) is 48.5 Å². The van der Waals surface area contributed by atoms with Gasteiger partial charge in [-0.15, -0.1) is 0 Å². The van der Waals surface area contributed by atoms with E-state index in [4.69, 9.17) is 6.57 Å². The van der Waals surface area contributed by atoms with Crippen LogP contribution in [-0.2, 0) is 16.0 Å².